The van der Waals surface area contributed by atoms with E-state index in [1.807, 2.05) is 12.2 Å². The molecule has 0 aliphatic carbocycles. The van der Waals surface area contributed by atoms with Crippen molar-refractivity contribution in [2.24, 2.45) is 0 Å². The van der Waals surface area contributed by atoms with Gasteiger partial charge in [0.1, 0.15) is 24.4 Å². The minimum atomic E-state index is -1.61. The highest BCUT2D eigenvalue weighted by Gasteiger charge is 2.47. The molecule has 0 radical (unpaired) electrons. The molecule has 0 spiro atoms. The molecule has 0 aromatic rings. The lowest BCUT2D eigenvalue weighted by molar-refractivity contribution is -0.305. The molecule has 1 aliphatic rings. The van der Waals surface area contributed by atoms with Crippen molar-refractivity contribution < 1.29 is 49.3 Å². The van der Waals surface area contributed by atoms with Crippen molar-refractivity contribution in [3.05, 3.63) is 48.6 Å². The monoisotopic (exact) mass is 1170 g/mol. The van der Waals surface area contributed by atoms with Crippen molar-refractivity contribution in [1.82, 2.24) is 5.32 Å². The Morgan fingerprint density at radius 1 is 0.482 bits per heavy atom. The van der Waals surface area contributed by atoms with Crippen molar-refractivity contribution >= 4 is 11.9 Å². The van der Waals surface area contributed by atoms with Gasteiger partial charge in [0.15, 0.2) is 12.4 Å². The summed E-state index contributed by atoms with van der Waals surface area (Å²) < 4.78 is 17.7. The molecule has 0 aromatic heterocycles. The summed E-state index contributed by atoms with van der Waals surface area (Å²) in [4.78, 5) is 26.6. The second kappa shape index (κ2) is 59.9. The van der Waals surface area contributed by atoms with Crippen LogP contribution >= 0.6 is 0 Å². The van der Waals surface area contributed by atoms with Gasteiger partial charge in [-0.25, -0.2) is 0 Å². The summed E-state index contributed by atoms with van der Waals surface area (Å²) in [5.41, 5.74) is 0. The van der Waals surface area contributed by atoms with Crippen LogP contribution in [0.25, 0.3) is 0 Å². The quantitative estimate of drug-likeness (QED) is 0.0149. The van der Waals surface area contributed by atoms with E-state index >= 15 is 0 Å². The third-order valence-corrected chi connectivity index (χ3v) is 16.8. The average Bonchev–Trinajstić information content (AvgIpc) is 3.51. The van der Waals surface area contributed by atoms with Crippen LogP contribution in [-0.2, 0) is 23.8 Å². The summed E-state index contributed by atoms with van der Waals surface area (Å²) >= 11 is 0. The molecule has 1 fully saturated rings. The fraction of sp³-hybridized carbons (Fsp3) is 0.861. The molecule has 11 heteroatoms. The lowest BCUT2D eigenvalue weighted by atomic mass is 9.99. The van der Waals surface area contributed by atoms with Gasteiger partial charge in [0.05, 0.1) is 25.4 Å². The number of allylic oxidation sites excluding steroid dienone is 7. The first-order chi connectivity index (χ1) is 40.7. The lowest BCUT2D eigenvalue weighted by Gasteiger charge is -2.41. The van der Waals surface area contributed by atoms with E-state index in [-0.39, 0.29) is 19.4 Å². The van der Waals surface area contributed by atoms with Crippen LogP contribution in [0.15, 0.2) is 48.6 Å². The smallest absolute Gasteiger partial charge is 0.306 e. The number of hydrogen-bond acceptors (Lipinski definition) is 10. The number of hydrogen-bond donors (Lipinski definition) is 6. The summed E-state index contributed by atoms with van der Waals surface area (Å²) in [5.74, 6) is -1.19. The number of esters is 1. The zero-order valence-electron chi connectivity index (χ0n) is 54.1. The van der Waals surface area contributed by atoms with E-state index in [2.05, 4.69) is 56.5 Å². The molecule has 486 valence electrons. The maximum atomic E-state index is 13.4. The summed E-state index contributed by atoms with van der Waals surface area (Å²) in [7, 11) is 0. The van der Waals surface area contributed by atoms with Gasteiger partial charge in [-0.2, -0.15) is 0 Å². The first-order valence-corrected chi connectivity index (χ1v) is 35.4. The fourth-order valence-corrected chi connectivity index (χ4v) is 11.2. The van der Waals surface area contributed by atoms with Gasteiger partial charge < -0.3 is 45.1 Å². The molecule has 1 aliphatic heterocycles. The highest BCUT2D eigenvalue weighted by atomic mass is 16.7. The molecule has 0 saturated carbocycles. The van der Waals surface area contributed by atoms with E-state index in [0.717, 1.165) is 83.5 Å². The first kappa shape index (κ1) is 78.6. The normalized spacial score (nSPS) is 18.8. The van der Waals surface area contributed by atoms with Gasteiger partial charge >= 0.3 is 5.97 Å². The minimum absolute atomic E-state index is 0.126. The first-order valence-electron chi connectivity index (χ1n) is 35.4. The molecule has 1 amide bonds. The van der Waals surface area contributed by atoms with Crippen LogP contribution in [0.5, 0.6) is 0 Å². The van der Waals surface area contributed by atoms with Crippen LogP contribution in [-0.4, -0.2) is 99.6 Å². The van der Waals surface area contributed by atoms with Crippen LogP contribution < -0.4 is 5.32 Å². The molecule has 83 heavy (non-hydrogen) atoms. The Kier molecular flexibility index (Phi) is 56.8. The molecule has 6 N–H and O–H groups in total. The summed E-state index contributed by atoms with van der Waals surface area (Å²) in [6.45, 7) is 5.70. The second-order valence-corrected chi connectivity index (χ2v) is 24.7. The Morgan fingerprint density at radius 3 is 1.29 bits per heavy atom. The third kappa shape index (κ3) is 47.4. The van der Waals surface area contributed by atoms with E-state index in [1.54, 1.807) is 6.08 Å². The van der Waals surface area contributed by atoms with Gasteiger partial charge in [0, 0.05) is 6.42 Å². The SMILES string of the molecule is CC/C=C/C=C/C=C/CCCCCCCCC(O)C(=O)NC(COC1OC(CO)C(O)C(O)C1OC(=O)CCCCCCCCCCCCCCCCCCCCCCCCCCCCC)C(O)/C=C/CCCCCCCCCCCCC. The van der Waals surface area contributed by atoms with Crippen LogP contribution in [0.1, 0.15) is 335 Å². The highest BCUT2D eigenvalue weighted by Crippen LogP contribution is 2.26. The maximum Gasteiger partial charge on any atom is 0.306 e. The van der Waals surface area contributed by atoms with Crippen LogP contribution in [0.4, 0.5) is 0 Å². The van der Waals surface area contributed by atoms with Crippen molar-refractivity contribution in [1.29, 1.82) is 0 Å². The number of unbranched alkanes of at least 4 members (excludes halogenated alkanes) is 43. The number of carbonyl (C=O) groups excluding carboxylic acids is 2. The summed E-state index contributed by atoms with van der Waals surface area (Å²) in [6, 6.07) is -1.03. The van der Waals surface area contributed by atoms with Gasteiger partial charge in [-0.15, -0.1) is 0 Å². The highest BCUT2D eigenvalue weighted by molar-refractivity contribution is 5.80. The van der Waals surface area contributed by atoms with E-state index in [0.29, 0.717) is 12.8 Å². The third-order valence-electron chi connectivity index (χ3n) is 16.8. The molecule has 1 heterocycles. The number of amides is 1. The van der Waals surface area contributed by atoms with Crippen molar-refractivity contribution in [3.8, 4) is 0 Å². The minimum Gasteiger partial charge on any atom is -0.454 e. The number of carbonyl (C=O) groups is 2. The fourth-order valence-electron chi connectivity index (χ4n) is 11.2. The Morgan fingerprint density at radius 2 is 0.867 bits per heavy atom. The molecule has 1 rings (SSSR count). The van der Waals surface area contributed by atoms with E-state index in [9.17, 15) is 35.1 Å². The number of rotatable bonds is 61. The number of aliphatic hydroxyl groups excluding tert-OH is 5. The molecule has 8 atom stereocenters. The van der Waals surface area contributed by atoms with Gasteiger partial charge in [-0.1, -0.05) is 333 Å². The van der Waals surface area contributed by atoms with Gasteiger partial charge in [0.2, 0.25) is 5.91 Å². The molecule has 11 nitrogen and oxygen atoms in total. The zero-order valence-corrected chi connectivity index (χ0v) is 54.1. The molecule has 8 unspecified atom stereocenters. The molecule has 1 saturated heterocycles. The standard InChI is InChI=1S/C72H133NO10/c1-4-7-10-13-16-19-22-25-27-28-29-30-31-32-33-34-35-36-37-38-39-42-45-48-51-54-57-60-67(77)83-70-69(79)68(78)66(61-74)82-72(70)81-62-63(64(75)58-55-52-49-46-43-40-24-21-18-15-12-9-6-3)73-71(80)65(76)59-56-53-50-47-44-41-26-23-20-17-14-11-8-5-2/h8,11,14,17,20,23,55,58,63-66,68-70,72,74-76,78-79H,4-7,9-10,12-13,15-16,18-19,21-22,24-54,56-57,59-62H2,1-3H3,(H,73,80)/b11-8+,17-14+,23-20+,58-55+. The van der Waals surface area contributed by atoms with E-state index < -0.39 is 67.4 Å². The Hall–Kier alpha value is -2.38. The topological polar surface area (TPSA) is 175 Å². The van der Waals surface area contributed by atoms with Crippen molar-refractivity contribution in [3.63, 3.8) is 0 Å². The molecule has 0 bridgehead atoms. The largest absolute Gasteiger partial charge is 0.454 e. The Bertz CT molecular complexity index is 1540. The van der Waals surface area contributed by atoms with Crippen LogP contribution in [0.2, 0.25) is 0 Å². The van der Waals surface area contributed by atoms with Gasteiger partial charge in [0.25, 0.3) is 0 Å². The average molecular weight is 1170 g/mol. The van der Waals surface area contributed by atoms with E-state index in [4.69, 9.17) is 14.2 Å². The van der Waals surface area contributed by atoms with Crippen molar-refractivity contribution in [2.75, 3.05) is 13.2 Å². The van der Waals surface area contributed by atoms with Crippen LogP contribution in [0, 0.1) is 0 Å². The predicted molar refractivity (Wildman–Crippen MR) is 347 cm³/mol. The van der Waals surface area contributed by atoms with Gasteiger partial charge in [-0.3, -0.25) is 9.59 Å². The lowest BCUT2D eigenvalue weighted by Crippen LogP contribution is -2.61. The molecular weight excluding hydrogens is 1040 g/mol. The van der Waals surface area contributed by atoms with E-state index in [1.165, 1.54) is 205 Å². The van der Waals surface area contributed by atoms with Crippen LogP contribution in [0.3, 0.4) is 0 Å². The Labute approximate surface area is 510 Å². The Balaban J connectivity index is 2.53. The van der Waals surface area contributed by atoms with Crippen molar-refractivity contribution in [2.45, 2.75) is 384 Å². The predicted octanol–water partition coefficient (Wildman–Crippen LogP) is 18.0. The number of nitrogens with one attached hydrogen (secondary N) is 1. The summed E-state index contributed by atoms with van der Waals surface area (Å²) in [5, 5.41) is 57.1. The molecular formula is C72H133NO10. The second-order valence-electron chi connectivity index (χ2n) is 24.7. The molecule has 0 aromatic carbocycles. The maximum absolute atomic E-state index is 13.4. The zero-order chi connectivity index (χ0) is 60.3. The summed E-state index contributed by atoms with van der Waals surface area (Å²) in [6.07, 6.45) is 64.6. The van der Waals surface area contributed by atoms with Gasteiger partial charge in [-0.05, 0) is 44.9 Å². The number of aliphatic hydroxyl groups is 5. The number of ether oxygens (including phenoxy) is 3.